The van der Waals surface area contributed by atoms with E-state index >= 15 is 0 Å². The largest absolute Gasteiger partial charge is 0.446 e. The number of carbonyl (C=O) groups excluding carboxylic acids is 2. The van der Waals surface area contributed by atoms with Crippen molar-refractivity contribution in [1.82, 2.24) is 10.6 Å². The van der Waals surface area contributed by atoms with E-state index in [1.54, 1.807) is 0 Å². The molecule has 0 aromatic rings. The number of alkyl carbamates (subject to hydrolysis) is 2. The molecule has 6 heteroatoms. The molecule has 0 heterocycles. The highest BCUT2D eigenvalue weighted by Crippen LogP contribution is 2.20. The molecule has 0 atom stereocenters. The molecule has 0 radical (unpaired) electrons. The molecule has 2 amide bonds. The molecular weight excluding hydrogens is 284 g/mol. The van der Waals surface area contributed by atoms with Crippen LogP contribution in [0.4, 0.5) is 9.59 Å². The van der Waals surface area contributed by atoms with Crippen LogP contribution < -0.4 is 10.6 Å². The lowest BCUT2D eigenvalue weighted by Crippen LogP contribution is -2.38. The molecule has 2 N–H and O–H groups in total. The zero-order valence-corrected chi connectivity index (χ0v) is 13.3. The third-order valence-corrected chi connectivity index (χ3v) is 4.32. The van der Waals surface area contributed by atoms with Crippen molar-refractivity contribution < 1.29 is 19.1 Å². The number of ether oxygens (including phenoxy) is 2. The zero-order valence-electron chi connectivity index (χ0n) is 13.3. The van der Waals surface area contributed by atoms with E-state index in [9.17, 15) is 9.59 Å². The molecule has 0 aromatic heterocycles. The van der Waals surface area contributed by atoms with E-state index in [-0.39, 0.29) is 12.2 Å². The molecule has 0 bridgehead atoms. The number of amides is 2. The molecular formula is C16H28N2O4. The van der Waals surface area contributed by atoms with E-state index in [1.807, 2.05) is 0 Å². The molecule has 126 valence electrons. The van der Waals surface area contributed by atoms with Crippen LogP contribution >= 0.6 is 0 Å². The maximum absolute atomic E-state index is 11.6. The molecule has 0 unspecified atom stereocenters. The van der Waals surface area contributed by atoms with Crippen molar-refractivity contribution in [3.8, 4) is 0 Å². The van der Waals surface area contributed by atoms with Crippen LogP contribution in [0.5, 0.6) is 0 Å². The van der Waals surface area contributed by atoms with Gasteiger partial charge in [-0.1, -0.05) is 12.8 Å². The fourth-order valence-electron chi connectivity index (χ4n) is 3.08. The lowest BCUT2D eigenvalue weighted by molar-refractivity contribution is 0.0719. The maximum Gasteiger partial charge on any atom is 0.407 e. The van der Waals surface area contributed by atoms with Gasteiger partial charge >= 0.3 is 12.2 Å². The molecule has 2 fully saturated rings. The molecule has 2 rings (SSSR count). The summed E-state index contributed by atoms with van der Waals surface area (Å²) in [5.41, 5.74) is 0. The third-order valence-electron chi connectivity index (χ3n) is 4.32. The Balaban J connectivity index is 1.48. The smallest absolute Gasteiger partial charge is 0.407 e. The average Bonchev–Trinajstić information content (AvgIpc) is 2.53. The summed E-state index contributed by atoms with van der Waals surface area (Å²) in [4.78, 5) is 23.2. The molecule has 2 saturated carbocycles. The van der Waals surface area contributed by atoms with Crippen LogP contribution in [-0.2, 0) is 9.47 Å². The summed E-state index contributed by atoms with van der Waals surface area (Å²) in [5.74, 6) is 0. The Morgan fingerprint density at radius 2 is 1.05 bits per heavy atom. The van der Waals surface area contributed by atoms with E-state index in [4.69, 9.17) is 9.47 Å². The molecule has 6 nitrogen and oxygen atoms in total. The summed E-state index contributed by atoms with van der Waals surface area (Å²) in [7, 11) is 0. The van der Waals surface area contributed by atoms with Crippen LogP contribution in [0.1, 0.15) is 64.2 Å². The number of carbonyl (C=O) groups is 2. The molecule has 2 aliphatic rings. The highest BCUT2D eigenvalue weighted by molar-refractivity contribution is 5.68. The van der Waals surface area contributed by atoms with Crippen molar-refractivity contribution in [2.75, 3.05) is 13.1 Å². The SMILES string of the molecule is O=C(NCCNC(=O)OC1CCCCC1)OC1CCCCC1. The van der Waals surface area contributed by atoms with Gasteiger partial charge in [0.1, 0.15) is 12.2 Å². The van der Waals surface area contributed by atoms with Gasteiger partial charge in [-0.25, -0.2) is 9.59 Å². The second-order valence-electron chi connectivity index (χ2n) is 6.18. The summed E-state index contributed by atoms with van der Waals surface area (Å²) in [6.07, 6.45) is 10.1. The van der Waals surface area contributed by atoms with Gasteiger partial charge < -0.3 is 20.1 Å². The number of hydrogen-bond acceptors (Lipinski definition) is 4. The lowest BCUT2D eigenvalue weighted by Gasteiger charge is -2.22. The van der Waals surface area contributed by atoms with E-state index in [0.29, 0.717) is 13.1 Å². The standard InChI is InChI=1S/C16H28N2O4/c19-15(21-13-7-3-1-4-8-13)17-11-12-18-16(20)22-14-9-5-2-6-10-14/h13-14H,1-12H2,(H,17,19)(H,18,20). The third kappa shape index (κ3) is 6.54. The highest BCUT2D eigenvalue weighted by atomic mass is 16.6. The summed E-state index contributed by atoms with van der Waals surface area (Å²) in [6.45, 7) is 0.705. The maximum atomic E-state index is 11.6. The van der Waals surface area contributed by atoms with Crippen LogP contribution in [0.3, 0.4) is 0 Å². The second-order valence-corrected chi connectivity index (χ2v) is 6.18. The van der Waals surface area contributed by atoms with Gasteiger partial charge in [0.05, 0.1) is 0 Å². The van der Waals surface area contributed by atoms with Crippen LogP contribution in [-0.4, -0.2) is 37.5 Å². The minimum Gasteiger partial charge on any atom is -0.446 e. The van der Waals surface area contributed by atoms with Gasteiger partial charge in [0.15, 0.2) is 0 Å². The normalized spacial score (nSPS) is 20.2. The first-order chi connectivity index (χ1) is 10.7. The van der Waals surface area contributed by atoms with Gasteiger partial charge in [-0.05, 0) is 51.4 Å². The Hall–Kier alpha value is -1.46. The Labute approximate surface area is 132 Å². The topological polar surface area (TPSA) is 76.7 Å². The molecule has 2 aliphatic carbocycles. The fraction of sp³-hybridized carbons (Fsp3) is 0.875. The first-order valence-corrected chi connectivity index (χ1v) is 8.63. The zero-order chi connectivity index (χ0) is 15.6. The molecule has 0 spiro atoms. The Bertz CT molecular complexity index is 316. The van der Waals surface area contributed by atoms with Crippen molar-refractivity contribution in [2.45, 2.75) is 76.4 Å². The predicted octanol–water partition coefficient (Wildman–Crippen LogP) is 3.10. The number of hydrogen-bond donors (Lipinski definition) is 2. The van der Waals surface area contributed by atoms with Crippen molar-refractivity contribution in [2.24, 2.45) is 0 Å². The first-order valence-electron chi connectivity index (χ1n) is 8.63. The van der Waals surface area contributed by atoms with Gasteiger partial charge in [-0.15, -0.1) is 0 Å². The van der Waals surface area contributed by atoms with Crippen LogP contribution in [0, 0.1) is 0 Å². The Morgan fingerprint density at radius 1 is 0.682 bits per heavy atom. The summed E-state index contributed by atoms with van der Waals surface area (Å²) in [6, 6.07) is 0. The lowest BCUT2D eigenvalue weighted by atomic mass is 9.98. The van der Waals surface area contributed by atoms with Crippen molar-refractivity contribution >= 4 is 12.2 Å². The molecule has 0 aromatic carbocycles. The molecule has 0 saturated heterocycles. The van der Waals surface area contributed by atoms with Crippen LogP contribution in [0.2, 0.25) is 0 Å². The van der Waals surface area contributed by atoms with Gasteiger partial charge in [-0.2, -0.15) is 0 Å². The highest BCUT2D eigenvalue weighted by Gasteiger charge is 2.18. The average molecular weight is 312 g/mol. The minimum absolute atomic E-state index is 0.0537. The second kappa shape index (κ2) is 9.54. The van der Waals surface area contributed by atoms with Gasteiger partial charge in [0.25, 0.3) is 0 Å². The summed E-state index contributed by atoms with van der Waals surface area (Å²) >= 11 is 0. The van der Waals surface area contributed by atoms with Crippen molar-refractivity contribution in [1.29, 1.82) is 0 Å². The Morgan fingerprint density at radius 3 is 1.41 bits per heavy atom. The van der Waals surface area contributed by atoms with Gasteiger partial charge in [0.2, 0.25) is 0 Å². The number of nitrogens with one attached hydrogen (secondary N) is 2. The summed E-state index contributed by atoms with van der Waals surface area (Å²) in [5, 5.41) is 5.32. The Kier molecular flexibility index (Phi) is 7.33. The van der Waals surface area contributed by atoms with E-state index in [2.05, 4.69) is 10.6 Å². The predicted molar refractivity (Wildman–Crippen MR) is 82.7 cm³/mol. The van der Waals surface area contributed by atoms with E-state index < -0.39 is 12.2 Å². The van der Waals surface area contributed by atoms with E-state index in [0.717, 1.165) is 51.4 Å². The monoisotopic (exact) mass is 312 g/mol. The minimum atomic E-state index is -0.394. The molecule has 22 heavy (non-hydrogen) atoms. The summed E-state index contributed by atoms with van der Waals surface area (Å²) < 4.78 is 10.7. The van der Waals surface area contributed by atoms with Crippen molar-refractivity contribution in [3.05, 3.63) is 0 Å². The van der Waals surface area contributed by atoms with Gasteiger partial charge in [-0.3, -0.25) is 0 Å². The first kappa shape index (κ1) is 16.9. The number of rotatable bonds is 5. The van der Waals surface area contributed by atoms with Crippen molar-refractivity contribution in [3.63, 3.8) is 0 Å². The quantitative estimate of drug-likeness (QED) is 0.765. The van der Waals surface area contributed by atoms with E-state index in [1.165, 1.54) is 12.8 Å². The van der Waals surface area contributed by atoms with Gasteiger partial charge in [0, 0.05) is 13.1 Å². The molecule has 0 aliphatic heterocycles. The van der Waals surface area contributed by atoms with Crippen LogP contribution in [0.15, 0.2) is 0 Å². The fourth-order valence-corrected chi connectivity index (χ4v) is 3.08. The van der Waals surface area contributed by atoms with Crippen LogP contribution in [0.25, 0.3) is 0 Å².